The lowest BCUT2D eigenvalue weighted by molar-refractivity contribution is -0.143. The fourth-order valence-electron chi connectivity index (χ4n) is 1.60. The summed E-state index contributed by atoms with van der Waals surface area (Å²) in [6, 6.07) is 3.21. The minimum Gasteiger partial charge on any atom is -0.465 e. The zero-order valence-corrected chi connectivity index (χ0v) is 11.7. The van der Waals surface area contributed by atoms with E-state index in [1.54, 1.807) is 19.1 Å². The molecule has 0 saturated heterocycles. The highest BCUT2D eigenvalue weighted by molar-refractivity contribution is 5.69. The van der Waals surface area contributed by atoms with Crippen LogP contribution in [0, 0.1) is 0 Å². The lowest BCUT2D eigenvalue weighted by atomic mass is 10.2. The van der Waals surface area contributed by atoms with Gasteiger partial charge in [0.25, 0.3) is 5.56 Å². The first-order valence-electron chi connectivity index (χ1n) is 6.10. The molecule has 0 bridgehead atoms. The Bertz CT molecular complexity index is 683. The van der Waals surface area contributed by atoms with Gasteiger partial charge in [-0.3, -0.25) is 9.59 Å². The van der Waals surface area contributed by atoms with Crippen LogP contribution in [-0.4, -0.2) is 34.3 Å². The molecule has 0 saturated carbocycles. The summed E-state index contributed by atoms with van der Waals surface area (Å²) < 4.78 is 10.6. The molecule has 0 radical (unpaired) electrons. The van der Waals surface area contributed by atoms with E-state index >= 15 is 0 Å². The van der Waals surface area contributed by atoms with Crippen molar-refractivity contribution in [1.29, 1.82) is 0 Å². The number of furan rings is 1. The minimum absolute atomic E-state index is 0.175. The number of nitrogens with one attached hydrogen (secondary N) is 1. The van der Waals surface area contributed by atoms with Crippen LogP contribution in [0.4, 0.5) is 0 Å². The van der Waals surface area contributed by atoms with E-state index in [1.165, 1.54) is 12.5 Å². The lowest BCUT2D eigenvalue weighted by Gasteiger charge is -2.05. The van der Waals surface area contributed by atoms with Crippen molar-refractivity contribution in [2.45, 2.75) is 13.5 Å². The summed E-state index contributed by atoms with van der Waals surface area (Å²) in [6.07, 6.45) is 2.67. The quantitative estimate of drug-likeness (QED) is 0.766. The second-order valence-electron chi connectivity index (χ2n) is 3.68. The first kappa shape index (κ1) is 16.4. The molecule has 8 heteroatoms. The normalized spacial score (nSPS) is 9.67. The third-order valence-corrected chi connectivity index (χ3v) is 2.44. The van der Waals surface area contributed by atoms with Crippen LogP contribution >= 0.6 is 0 Å². The lowest BCUT2D eigenvalue weighted by Crippen LogP contribution is -2.38. The van der Waals surface area contributed by atoms with Crippen LogP contribution in [0.5, 0.6) is 0 Å². The number of H-pyrrole nitrogens is 1. The van der Waals surface area contributed by atoms with E-state index in [-0.39, 0.29) is 12.2 Å². The molecule has 0 atom stereocenters. The molecular weight excluding hydrogens is 280 g/mol. The number of aliphatic hydroxyl groups excluding tert-OH is 1. The van der Waals surface area contributed by atoms with Gasteiger partial charge >= 0.3 is 11.7 Å². The molecule has 2 aromatic rings. The molecule has 0 aliphatic carbocycles. The molecule has 0 unspecified atom stereocenters. The van der Waals surface area contributed by atoms with Crippen molar-refractivity contribution in [3.8, 4) is 11.3 Å². The number of hydrogen-bond acceptors (Lipinski definition) is 6. The van der Waals surface area contributed by atoms with Gasteiger partial charge in [0.15, 0.2) is 0 Å². The molecule has 2 aromatic heterocycles. The van der Waals surface area contributed by atoms with Crippen LogP contribution in [0.2, 0.25) is 0 Å². The number of aromatic nitrogens is 2. The smallest absolute Gasteiger partial charge is 0.328 e. The summed E-state index contributed by atoms with van der Waals surface area (Å²) >= 11 is 0. The van der Waals surface area contributed by atoms with E-state index in [2.05, 4.69) is 4.98 Å². The zero-order chi connectivity index (χ0) is 15.8. The van der Waals surface area contributed by atoms with E-state index in [9.17, 15) is 14.4 Å². The molecule has 0 fully saturated rings. The third-order valence-electron chi connectivity index (χ3n) is 2.44. The van der Waals surface area contributed by atoms with Crippen molar-refractivity contribution in [2.75, 3.05) is 13.7 Å². The number of nitrogens with zero attached hydrogens (tertiary/aromatic N) is 1. The Labute approximate surface area is 119 Å². The van der Waals surface area contributed by atoms with Gasteiger partial charge in [-0.05, 0) is 19.1 Å². The Morgan fingerprint density at radius 1 is 1.43 bits per heavy atom. The fourth-order valence-corrected chi connectivity index (χ4v) is 1.60. The van der Waals surface area contributed by atoms with Gasteiger partial charge in [-0.15, -0.1) is 0 Å². The maximum absolute atomic E-state index is 12.1. The molecule has 8 nitrogen and oxygen atoms in total. The Kier molecular flexibility index (Phi) is 6.15. The predicted octanol–water partition coefficient (Wildman–Crippen LogP) is -0.0318. The number of carbonyl (C=O) groups excluding carboxylic acids is 1. The number of ether oxygens (including phenoxy) is 1. The average molecular weight is 296 g/mol. The third kappa shape index (κ3) is 3.93. The first-order chi connectivity index (χ1) is 10.1. The average Bonchev–Trinajstić information content (AvgIpc) is 3.00. The van der Waals surface area contributed by atoms with E-state index in [0.717, 1.165) is 11.7 Å². The van der Waals surface area contributed by atoms with Gasteiger partial charge in [0, 0.05) is 13.3 Å². The molecule has 0 aliphatic heterocycles. The molecule has 114 valence electrons. The van der Waals surface area contributed by atoms with Gasteiger partial charge < -0.3 is 19.2 Å². The Balaban J connectivity index is 0.00000106. The van der Waals surface area contributed by atoms with Gasteiger partial charge in [0.05, 0.1) is 18.4 Å². The molecule has 2 rings (SSSR count). The van der Waals surface area contributed by atoms with Crippen molar-refractivity contribution in [2.24, 2.45) is 0 Å². The van der Waals surface area contributed by atoms with E-state index < -0.39 is 23.8 Å². The SMILES string of the molecule is CCOC(=O)Cn1c(=O)[nH]cc(-c2ccco2)c1=O.CO. The van der Waals surface area contributed by atoms with Crippen molar-refractivity contribution >= 4 is 5.97 Å². The highest BCUT2D eigenvalue weighted by Crippen LogP contribution is 2.13. The van der Waals surface area contributed by atoms with Crippen molar-refractivity contribution < 1.29 is 19.1 Å². The number of aromatic amines is 1. The maximum Gasteiger partial charge on any atom is 0.328 e. The summed E-state index contributed by atoms with van der Waals surface area (Å²) in [7, 11) is 1.00. The molecular formula is C13H16N2O6. The maximum atomic E-state index is 12.1. The molecule has 0 aromatic carbocycles. The van der Waals surface area contributed by atoms with Crippen LogP contribution in [0.15, 0.2) is 38.6 Å². The summed E-state index contributed by atoms with van der Waals surface area (Å²) in [4.78, 5) is 37.4. The first-order valence-corrected chi connectivity index (χ1v) is 6.10. The summed E-state index contributed by atoms with van der Waals surface area (Å²) in [6.45, 7) is 1.39. The van der Waals surface area contributed by atoms with Crippen LogP contribution in [0.25, 0.3) is 11.3 Å². The second-order valence-corrected chi connectivity index (χ2v) is 3.68. The van der Waals surface area contributed by atoms with Crippen molar-refractivity contribution in [1.82, 2.24) is 9.55 Å². The zero-order valence-electron chi connectivity index (χ0n) is 11.7. The van der Waals surface area contributed by atoms with Gasteiger partial charge in [0.1, 0.15) is 12.3 Å². The van der Waals surface area contributed by atoms with Gasteiger partial charge in [-0.25, -0.2) is 9.36 Å². The topological polar surface area (TPSA) is 115 Å². The molecule has 0 aliphatic rings. The Hall–Kier alpha value is -2.61. The van der Waals surface area contributed by atoms with Crippen LogP contribution < -0.4 is 11.2 Å². The molecule has 0 spiro atoms. The van der Waals surface area contributed by atoms with Gasteiger partial charge in [0.2, 0.25) is 0 Å². The van der Waals surface area contributed by atoms with Crippen LogP contribution in [-0.2, 0) is 16.1 Å². The second kappa shape index (κ2) is 7.85. The van der Waals surface area contributed by atoms with Gasteiger partial charge in [-0.2, -0.15) is 0 Å². The molecule has 0 amide bonds. The fraction of sp³-hybridized carbons (Fsp3) is 0.308. The van der Waals surface area contributed by atoms with E-state index in [1.807, 2.05) is 0 Å². The minimum atomic E-state index is -0.673. The number of aliphatic hydroxyl groups is 1. The monoisotopic (exact) mass is 296 g/mol. The summed E-state index contributed by atoms with van der Waals surface area (Å²) in [5.74, 6) is -0.328. The van der Waals surface area contributed by atoms with Gasteiger partial charge in [-0.1, -0.05) is 0 Å². The van der Waals surface area contributed by atoms with E-state index in [4.69, 9.17) is 14.3 Å². The standard InChI is InChI=1S/C12H12N2O5.CH4O/c1-2-18-10(15)7-14-11(16)8(6-13-12(14)17)9-4-3-5-19-9;1-2/h3-6H,2,7H2,1H3,(H,13,17);2H,1H3. The largest absolute Gasteiger partial charge is 0.465 e. The predicted molar refractivity (Wildman–Crippen MR) is 73.8 cm³/mol. The molecule has 2 heterocycles. The summed E-state index contributed by atoms with van der Waals surface area (Å²) in [5.41, 5.74) is -1.10. The van der Waals surface area contributed by atoms with Crippen LogP contribution in [0.1, 0.15) is 6.92 Å². The number of hydrogen-bond donors (Lipinski definition) is 2. The highest BCUT2D eigenvalue weighted by atomic mass is 16.5. The van der Waals surface area contributed by atoms with Crippen molar-refractivity contribution in [3.05, 3.63) is 45.4 Å². The van der Waals surface area contributed by atoms with Crippen molar-refractivity contribution in [3.63, 3.8) is 0 Å². The summed E-state index contributed by atoms with van der Waals surface area (Å²) in [5, 5.41) is 7.00. The Morgan fingerprint density at radius 2 is 2.14 bits per heavy atom. The number of esters is 1. The number of carbonyl (C=O) groups is 1. The molecule has 21 heavy (non-hydrogen) atoms. The van der Waals surface area contributed by atoms with E-state index in [0.29, 0.717) is 5.76 Å². The number of rotatable bonds is 4. The Morgan fingerprint density at radius 3 is 2.71 bits per heavy atom. The van der Waals surface area contributed by atoms with Crippen LogP contribution in [0.3, 0.4) is 0 Å². The highest BCUT2D eigenvalue weighted by Gasteiger charge is 2.14. The molecule has 2 N–H and O–H groups in total.